The maximum Gasteiger partial charge on any atom is 0.272 e. The van der Waals surface area contributed by atoms with Crippen molar-refractivity contribution in [2.24, 2.45) is 0 Å². The van der Waals surface area contributed by atoms with E-state index in [2.05, 4.69) is 10.3 Å². The normalized spacial score (nSPS) is 23.2. The lowest BCUT2D eigenvalue weighted by Crippen LogP contribution is -2.49. The van der Waals surface area contributed by atoms with Gasteiger partial charge in [0.05, 0.1) is 5.60 Å². The zero-order valence-electron chi connectivity index (χ0n) is 11.8. The number of ether oxygens (including phenoxy) is 1. The van der Waals surface area contributed by atoms with Crippen molar-refractivity contribution < 1.29 is 9.53 Å². The van der Waals surface area contributed by atoms with Gasteiger partial charge in [0, 0.05) is 39.1 Å². The first-order valence-corrected chi connectivity index (χ1v) is 6.56. The standard InChI is InChI=1S/C14H21N3O2/c1-14(19-3)6-4-8-17(10-14)13(18)12-9-11(15-2)5-7-16-12/h5,7,9H,4,6,8,10H2,1-3H3,(H,15,16). The predicted molar refractivity (Wildman–Crippen MR) is 74.3 cm³/mol. The highest BCUT2D eigenvalue weighted by Crippen LogP contribution is 2.25. The molecule has 1 aliphatic heterocycles. The first-order valence-electron chi connectivity index (χ1n) is 6.56. The number of aromatic nitrogens is 1. The summed E-state index contributed by atoms with van der Waals surface area (Å²) in [6.45, 7) is 3.43. The number of carbonyl (C=O) groups excluding carboxylic acids is 1. The van der Waals surface area contributed by atoms with Crippen LogP contribution < -0.4 is 5.32 Å². The molecule has 1 N–H and O–H groups in total. The van der Waals surface area contributed by atoms with Crippen molar-refractivity contribution in [3.8, 4) is 0 Å². The number of likely N-dealkylation sites (tertiary alicyclic amines) is 1. The zero-order valence-corrected chi connectivity index (χ0v) is 11.8. The minimum Gasteiger partial charge on any atom is -0.388 e. The highest BCUT2D eigenvalue weighted by molar-refractivity contribution is 5.93. The van der Waals surface area contributed by atoms with E-state index in [1.165, 1.54) is 0 Å². The SMILES string of the molecule is CNc1ccnc(C(=O)N2CCCC(C)(OC)C2)c1. The maximum absolute atomic E-state index is 12.5. The fourth-order valence-corrected chi connectivity index (χ4v) is 2.41. The van der Waals surface area contributed by atoms with Crippen LogP contribution in [0.4, 0.5) is 5.69 Å². The van der Waals surface area contributed by atoms with Crippen LogP contribution in [0.3, 0.4) is 0 Å². The topological polar surface area (TPSA) is 54.5 Å². The molecule has 5 heteroatoms. The van der Waals surface area contributed by atoms with Gasteiger partial charge in [0.2, 0.25) is 0 Å². The van der Waals surface area contributed by atoms with Crippen molar-refractivity contribution in [1.82, 2.24) is 9.88 Å². The summed E-state index contributed by atoms with van der Waals surface area (Å²) >= 11 is 0. The van der Waals surface area contributed by atoms with E-state index in [0.29, 0.717) is 12.2 Å². The molecule has 0 spiro atoms. The van der Waals surface area contributed by atoms with E-state index in [-0.39, 0.29) is 11.5 Å². The van der Waals surface area contributed by atoms with E-state index in [0.717, 1.165) is 25.1 Å². The first kappa shape index (κ1) is 13.8. The molecule has 1 aliphatic rings. The predicted octanol–water partition coefficient (Wildman–Crippen LogP) is 1.76. The number of nitrogens with one attached hydrogen (secondary N) is 1. The Morgan fingerprint density at radius 2 is 2.37 bits per heavy atom. The second-order valence-corrected chi connectivity index (χ2v) is 5.16. The van der Waals surface area contributed by atoms with Crippen molar-refractivity contribution in [3.05, 3.63) is 24.0 Å². The van der Waals surface area contributed by atoms with Gasteiger partial charge in [-0.3, -0.25) is 9.78 Å². The third-order valence-electron chi connectivity index (χ3n) is 3.71. The van der Waals surface area contributed by atoms with Gasteiger partial charge >= 0.3 is 0 Å². The number of hydrogen-bond donors (Lipinski definition) is 1. The van der Waals surface area contributed by atoms with E-state index in [9.17, 15) is 4.79 Å². The van der Waals surface area contributed by atoms with Crippen LogP contribution >= 0.6 is 0 Å². The Bertz CT molecular complexity index is 464. The Hall–Kier alpha value is -1.62. The van der Waals surface area contributed by atoms with Crippen molar-refractivity contribution in [2.45, 2.75) is 25.4 Å². The van der Waals surface area contributed by atoms with Gasteiger partial charge in [0.1, 0.15) is 5.69 Å². The van der Waals surface area contributed by atoms with E-state index in [4.69, 9.17) is 4.74 Å². The molecule has 0 radical (unpaired) electrons. The van der Waals surface area contributed by atoms with Crippen molar-refractivity contribution >= 4 is 11.6 Å². The summed E-state index contributed by atoms with van der Waals surface area (Å²) in [6, 6.07) is 3.62. The van der Waals surface area contributed by atoms with Crippen LogP contribution in [0, 0.1) is 0 Å². The average Bonchev–Trinajstić information content (AvgIpc) is 2.46. The molecular weight excluding hydrogens is 242 g/mol. The first-order chi connectivity index (χ1) is 9.08. The van der Waals surface area contributed by atoms with Crippen molar-refractivity contribution in [1.29, 1.82) is 0 Å². The fraction of sp³-hybridized carbons (Fsp3) is 0.571. The van der Waals surface area contributed by atoms with Crippen molar-refractivity contribution in [2.75, 3.05) is 32.6 Å². The highest BCUT2D eigenvalue weighted by Gasteiger charge is 2.33. The lowest BCUT2D eigenvalue weighted by molar-refractivity contribution is -0.0441. The maximum atomic E-state index is 12.5. The van der Waals surface area contributed by atoms with Gasteiger partial charge in [-0.05, 0) is 31.9 Å². The summed E-state index contributed by atoms with van der Waals surface area (Å²) in [5, 5.41) is 3.02. The molecule has 104 valence electrons. The molecule has 0 aliphatic carbocycles. The molecule has 1 saturated heterocycles. The summed E-state index contributed by atoms with van der Waals surface area (Å²) < 4.78 is 5.51. The van der Waals surface area contributed by atoms with Gasteiger partial charge in [-0.15, -0.1) is 0 Å². The molecular formula is C14H21N3O2. The lowest BCUT2D eigenvalue weighted by atomic mass is 9.94. The average molecular weight is 263 g/mol. The number of nitrogens with zero attached hydrogens (tertiary/aromatic N) is 2. The molecule has 1 amide bonds. The highest BCUT2D eigenvalue weighted by atomic mass is 16.5. The molecule has 0 bridgehead atoms. The lowest BCUT2D eigenvalue weighted by Gasteiger charge is -2.39. The molecule has 1 fully saturated rings. The third-order valence-corrected chi connectivity index (χ3v) is 3.71. The number of anilines is 1. The summed E-state index contributed by atoms with van der Waals surface area (Å²) in [7, 11) is 3.53. The molecule has 0 saturated carbocycles. The Labute approximate surface area is 114 Å². The molecule has 5 nitrogen and oxygen atoms in total. The summed E-state index contributed by atoms with van der Waals surface area (Å²) in [6.07, 6.45) is 3.59. The van der Waals surface area contributed by atoms with E-state index in [1.54, 1.807) is 19.4 Å². The number of amides is 1. The molecule has 19 heavy (non-hydrogen) atoms. The summed E-state index contributed by atoms with van der Waals surface area (Å²) in [5.41, 5.74) is 1.13. The Morgan fingerprint density at radius 3 is 3.05 bits per heavy atom. The van der Waals surface area contributed by atoms with Gasteiger partial charge in [-0.1, -0.05) is 0 Å². The summed E-state index contributed by atoms with van der Waals surface area (Å²) in [5.74, 6) is -0.0277. The molecule has 2 heterocycles. The van der Waals surface area contributed by atoms with Crippen LogP contribution in [0.15, 0.2) is 18.3 Å². The van der Waals surface area contributed by atoms with Gasteiger partial charge < -0.3 is 15.0 Å². The van der Waals surface area contributed by atoms with E-state index < -0.39 is 0 Å². The Kier molecular flexibility index (Phi) is 4.04. The number of rotatable bonds is 3. The van der Waals surface area contributed by atoms with Crippen LogP contribution in [-0.2, 0) is 4.74 Å². The molecule has 0 aromatic carbocycles. The number of carbonyl (C=O) groups is 1. The van der Waals surface area contributed by atoms with Gasteiger partial charge in [0.15, 0.2) is 0 Å². The van der Waals surface area contributed by atoms with Crippen LogP contribution in [0.1, 0.15) is 30.3 Å². The zero-order chi connectivity index (χ0) is 13.9. The van der Waals surface area contributed by atoms with Gasteiger partial charge in [-0.2, -0.15) is 0 Å². The van der Waals surface area contributed by atoms with Crippen molar-refractivity contribution in [3.63, 3.8) is 0 Å². The van der Waals surface area contributed by atoms with Crippen LogP contribution in [-0.4, -0.2) is 48.6 Å². The van der Waals surface area contributed by atoms with E-state index >= 15 is 0 Å². The minimum absolute atomic E-state index is 0.0277. The van der Waals surface area contributed by atoms with E-state index in [1.807, 2.05) is 24.9 Å². The smallest absolute Gasteiger partial charge is 0.272 e. The van der Waals surface area contributed by atoms with Crippen LogP contribution in [0.25, 0.3) is 0 Å². The number of methoxy groups -OCH3 is 1. The molecule has 1 aromatic heterocycles. The molecule has 1 unspecified atom stereocenters. The monoisotopic (exact) mass is 263 g/mol. The Morgan fingerprint density at radius 1 is 1.58 bits per heavy atom. The van der Waals surface area contributed by atoms with Gasteiger partial charge in [0.25, 0.3) is 5.91 Å². The Balaban J connectivity index is 2.14. The van der Waals surface area contributed by atoms with Crippen LogP contribution in [0.2, 0.25) is 0 Å². The number of piperidine rings is 1. The third kappa shape index (κ3) is 3.04. The molecule has 2 rings (SSSR count). The summed E-state index contributed by atoms with van der Waals surface area (Å²) in [4.78, 5) is 18.4. The van der Waals surface area contributed by atoms with Crippen LogP contribution in [0.5, 0.6) is 0 Å². The van der Waals surface area contributed by atoms with Gasteiger partial charge in [-0.25, -0.2) is 0 Å². The fourth-order valence-electron chi connectivity index (χ4n) is 2.41. The number of pyridine rings is 1. The number of hydrogen-bond acceptors (Lipinski definition) is 4. The largest absolute Gasteiger partial charge is 0.388 e. The molecule has 1 aromatic rings. The second-order valence-electron chi connectivity index (χ2n) is 5.16. The second kappa shape index (κ2) is 5.57. The molecule has 1 atom stereocenters. The quantitative estimate of drug-likeness (QED) is 0.903. The minimum atomic E-state index is -0.242.